The lowest BCUT2D eigenvalue weighted by Gasteiger charge is -2.44. The molecule has 1 aromatic carbocycles. The number of ether oxygens (including phenoxy) is 2. The van der Waals surface area contributed by atoms with E-state index in [1.807, 2.05) is 18.7 Å². The van der Waals surface area contributed by atoms with Crippen LogP contribution in [0, 0.1) is 6.92 Å². The molecule has 3 saturated heterocycles. The highest BCUT2D eigenvalue weighted by atomic mass is 32.2. The summed E-state index contributed by atoms with van der Waals surface area (Å²) >= 11 is 1.87. The van der Waals surface area contributed by atoms with E-state index in [2.05, 4.69) is 4.90 Å². The van der Waals surface area contributed by atoms with Crippen LogP contribution in [0.1, 0.15) is 5.56 Å². The van der Waals surface area contributed by atoms with Crippen molar-refractivity contribution in [3.8, 4) is 0 Å². The molecule has 1 N–H and O–H groups in total. The number of benzene rings is 1. The summed E-state index contributed by atoms with van der Waals surface area (Å²) in [5.74, 6) is 1.96. The smallest absolute Gasteiger partial charge is 0.297 e. The molecule has 0 saturated carbocycles. The minimum absolute atomic E-state index is 0.0568. The Bertz CT molecular complexity index is 734. The van der Waals surface area contributed by atoms with E-state index >= 15 is 0 Å². The first-order chi connectivity index (χ1) is 12.5. The Morgan fingerprint density at radius 3 is 2.62 bits per heavy atom. The topological polar surface area (TPSA) is 85.3 Å². The number of aryl methyl sites for hydroxylation is 1. The zero-order valence-electron chi connectivity index (χ0n) is 14.5. The van der Waals surface area contributed by atoms with Crippen LogP contribution in [0.2, 0.25) is 0 Å². The Morgan fingerprint density at radius 1 is 1.23 bits per heavy atom. The van der Waals surface area contributed by atoms with Gasteiger partial charge in [0.05, 0.1) is 17.5 Å². The quantitative estimate of drug-likeness (QED) is 0.735. The minimum atomic E-state index is -4.03. The van der Waals surface area contributed by atoms with Gasteiger partial charge in [0.25, 0.3) is 10.1 Å². The van der Waals surface area contributed by atoms with Crippen molar-refractivity contribution in [3.63, 3.8) is 0 Å². The van der Waals surface area contributed by atoms with Gasteiger partial charge in [-0.3, -0.25) is 9.08 Å². The number of hydrogen-bond acceptors (Lipinski definition) is 8. The average molecular weight is 402 g/mol. The molecule has 1 aromatic rings. The van der Waals surface area contributed by atoms with E-state index in [0.29, 0.717) is 6.61 Å². The summed E-state index contributed by atoms with van der Waals surface area (Å²) in [6.07, 6.45) is -3.21. The summed E-state index contributed by atoms with van der Waals surface area (Å²) in [6, 6.07) is 6.09. The van der Waals surface area contributed by atoms with Crippen LogP contribution >= 0.6 is 11.8 Å². The van der Waals surface area contributed by atoms with Gasteiger partial charge in [-0.1, -0.05) is 17.7 Å². The van der Waals surface area contributed by atoms with Crippen LogP contribution in [-0.2, 0) is 23.8 Å². The van der Waals surface area contributed by atoms with Crippen molar-refractivity contribution in [2.45, 2.75) is 42.5 Å². The van der Waals surface area contributed by atoms with Gasteiger partial charge in [-0.25, -0.2) is 0 Å². The van der Waals surface area contributed by atoms with Crippen LogP contribution in [0.25, 0.3) is 0 Å². The fourth-order valence-corrected chi connectivity index (χ4v) is 5.71. The Morgan fingerprint density at radius 2 is 1.92 bits per heavy atom. The van der Waals surface area contributed by atoms with Gasteiger partial charge < -0.3 is 14.6 Å². The zero-order chi connectivity index (χ0) is 18.3. The molecule has 3 fully saturated rings. The SMILES string of the molecule is Cc1ccc(S(=O)(=O)O[C@H]2[C@@H]3OC[C@@H](O3)[C@@H](N3CCSCC3)[C@H]2O)cc1. The van der Waals surface area contributed by atoms with Crippen molar-refractivity contribution in [2.75, 3.05) is 31.2 Å². The average Bonchev–Trinajstić information content (AvgIpc) is 3.06. The van der Waals surface area contributed by atoms with Crippen molar-refractivity contribution in [2.24, 2.45) is 0 Å². The molecule has 0 radical (unpaired) electrons. The van der Waals surface area contributed by atoms with Crippen molar-refractivity contribution < 1.29 is 27.2 Å². The molecule has 9 heteroatoms. The van der Waals surface area contributed by atoms with E-state index in [0.717, 1.165) is 30.2 Å². The second-order valence-electron chi connectivity index (χ2n) is 6.83. The van der Waals surface area contributed by atoms with Crippen LogP contribution in [0.5, 0.6) is 0 Å². The van der Waals surface area contributed by atoms with E-state index in [1.54, 1.807) is 12.1 Å². The molecule has 3 aliphatic rings. The molecular weight excluding hydrogens is 378 g/mol. The number of rotatable bonds is 4. The number of thioether (sulfide) groups is 1. The van der Waals surface area contributed by atoms with E-state index in [-0.39, 0.29) is 17.0 Å². The minimum Gasteiger partial charge on any atom is -0.388 e. The highest BCUT2D eigenvalue weighted by Crippen LogP contribution is 2.35. The molecule has 7 nitrogen and oxygen atoms in total. The molecule has 0 aliphatic carbocycles. The fourth-order valence-electron chi connectivity index (χ4n) is 3.70. The molecule has 26 heavy (non-hydrogen) atoms. The molecule has 2 bridgehead atoms. The first-order valence-electron chi connectivity index (χ1n) is 8.72. The van der Waals surface area contributed by atoms with E-state index in [1.165, 1.54) is 12.1 Å². The summed E-state index contributed by atoms with van der Waals surface area (Å²) in [6.45, 7) is 3.87. The molecule has 0 amide bonds. The Balaban J connectivity index is 1.56. The third kappa shape index (κ3) is 3.54. The third-order valence-electron chi connectivity index (χ3n) is 5.08. The highest BCUT2D eigenvalue weighted by Gasteiger charge is 2.54. The predicted molar refractivity (Wildman–Crippen MR) is 96.5 cm³/mol. The lowest BCUT2D eigenvalue weighted by molar-refractivity contribution is -0.207. The third-order valence-corrected chi connectivity index (χ3v) is 7.35. The predicted octanol–water partition coefficient (Wildman–Crippen LogP) is 0.602. The van der Waals surface area contributed by atoms with Crippen LogP contribution in [0.3, 0.4) is 0 Å². The molecule has 3 heterocycles. The van der Waals surface area contributed by atoms with Gasteiger partial charge >= 0.3 is 0 Å². The highest BCUT2D eigenvalue weighted by molar-refractivity contribution is 7.99. The normalized spacial score (nSPS) is 35.5. The van der Waals surface area contributed by atoms with Gasteiger partial charge in [-0.15, -0.1) is 0 Å². The number of aliphatic hydroxyl groups excluding tert-OH is 1. The number of fused-ring (bicyclic) bond motifs is 2. The molecule has 0 spiro atoms. The Hall–Kier alpha value is -0.680. The molecule has 0 unspecified atom stereocenters. The van der Waals surface area contributed by atoms with E-state index < -0.39 is 28.6 Å². The lowest BCUT2D eigenvalue weighted by Crippen LogP contribution is -2.62. The molecule has 4 rings (SSSR count). The van der Waals surface area contributed by atoms with Crippen molar-refractivity contribution in [3.05, 3.63) is 29.8 Å². The first-order valence-corrected chi connectivity index (χ1v) is 11.3. The zero-order valence-corrected chi connectivity index (χ0v) is 16.1. The van der Waals surface area contributed by atoms with Crippen molar-refractivity contribution in [1.29, 1.82) is 0 Å². The first kappa shape index (κ1) is 18.7. The van der Waals surface area contributed by atoms with Gasteiger partial charge in [-0.2, -0.15) is 20.2 Å². The maximum absolute atomic E-state index is 12.7. The number of hydrogen-bond donors (Lipinski definition) is 1. The van der Waals surface area contributed by atoms with Gasteiger partial charge in [0, 0.05) is 24.6 Å². The van der Waals surface area contributed by atoms with Crippen LogP contribution < -0.4 is 0 Å². The molecule has 0 aromatic heterocycles. The van der Waals surface area contributed by atoms with Crippen LogP contribution in [-0.4, -0.2) is 80.3 Å². The summed E-state index contributed by atoms with van der Waals surface area (Å²) in [7, 11) is -4.03. The molecular formula is C17H23NO6S2. The van der Waals surface area contributed by atoms with E-state index in [4.69, 9.17) is 13.7 Å². The van der Waals surface area contributed by atoms with Crippen molar-refractivity contribution in [1.82, 2.24) is 4.90 Å². The monoisotopic (exact) mass is 401 g/mol. The standard InChI is InChI=1S/C17H23NO6S2/c1-11-2-4-12(5-3-11)26(20,21)24-16-15(19)14(13-10-22-17(16)23-13)18-6-8-25-9-7-18/h2-5,13-17,19H,6-10H2,1H3/t13-,14-,15-,16-,17-/m1/s1. The Labute approximate surface area is 157 Å². The number of nitrogens with zero attached hydrogens (tertiary/aromatic N) is 1. The van der Waals surface area contributed by atoms with Gasteiger partial charge in [0.1, 0.15) is 12.2 Å². The summed E-state index contributed by atoms with van der Waals surface area (Å²) < 4.78 is 42.1. The second-order valence-corrected chi connectivity index (χ2v) is 9.63. The Kier molecular flexibility index (Phi) is 5.30. The second kappa shape index (κ2) is 7.38. The van der Waals surface area contributed by atoms with Crippen LogP contribution in [0.4, 0.5) is 0 Å². The lowest BCUT2D eigenvalue weighted by atomic mass is 9.96. The molecule has 3 aliphatic heterocycles. The maximum atomic E-state index is 12.7. The van der Waals surface area contributed by atoms with Crippen LogP contribution in [0.15, 0.2) is 29.2 Å². The molecule has 144 valence electrons. The van der Waals surface area contributed by atoms with Crippen molar-refractivity contribution >= 4 is 21.9 Å². The molecule has 5 atom stereocenters. The number of aliphatic hydroxyl groups is 1. The van der Waals surface area contributed by atoms with Gasteiger partial charge in [0.2, 0.25) is 0 Å². The fraction of sp³-hybridized carbons (Fsp3) is 0.647. The largest absolute Gasteiger partial charge is 0.388 e. The van der Waals surface area contributed by atoms with Gasteiger partial charge in [-0.05, 0) is 19.1 Å². The summed E-state index contributed by atoms with van der Waals surface area (Å²) in [4.78, 5) is 2.22. The maximum Gasteiger partial charge on any atom is 0.297 e. The summed E-state index contributed by atoms with van der Waals surface area (Å²) in [5.41, 5.74) is 0.954. The van der Waals surface area contributed by atoms with Gasteiger partial charge in [0.15, 0.2) is 12.4 Å². The summed E-state index contributed by atoms with van der Waals surface area (Å²) in [5, 5.41) is 10.9. The van der Waals surface area contributed by atoms with E-state index in [9.17, 15) is 13.5 Å².